The molecule has 7 nitrogen and oxygen atoms in total. The maximum absolute atomic E-state index is 11.1. The van der Waals surface area contributed by atoms with Crippen molar-refractivity contribution in [3.8, 4) is 0 Å². The lowest BCUT2D eigenvalue weighted by atomic mass is 10.3. The quantitative estimate of drug-likeness (QED) is 0.756. The van der Waals surface area contributed by atoms with Crippen LogP contribution in [0.5, 0.6) is 0 Å². The van der Waals surface area contributed by atoms with Crippen molar-refractivity contribution in [2.24, 2.45) is 5.73 Å². The highest BCUT2D eigenvalue weighted by molar-refractivity contribution is 7.80. The van der Waals surface area contributed by atoms with Gasteiger partial charge in [-0.15, -0.1) is 0 Å². The number of ether oxygens (including phenoxy) is 1. The Bertz CT molecular complexity index is 478. The third-order valence-corrected chi connectivity index (χ3v) is 3.12. The highest BCUT2D eigenvalue weighted by Gasteiger charge is 2.25. The van der Waals surface area contributed by atoms with E-state index in [1.54, 1.807) is 12.4 Å². The number of amides is 1. The van der Waals surface area contributed by atoms with Crippen LogP contribution >= 0.6 is 12.2 Å². The summed E-state index contributed by atoms with van der Waals surface area (Å²) in [6, 6.07) is 0.0597. The van der Waals surface area contributed by atoms with Gasteiger partial charge in [0, 0.05) is 13.1 Å². The number of carbonyl (C=O) groups is 1. The molecular weight excluding hydrogens is 266 g/mol. The summed E-state index contributed by atoms with van der Waals surface area (Å²) in [4.78, 5) is 21.8. The van der Waals surface area contributed by atoms with E-state index in [0.717, 1.165) is 18.8 Å². The SMILES string of the molecule is COC(=O)NC1CCN(c2cnc(C(N)=S)cn2)C1. The van der Waals surface area contributed by atoms with Crippen molar-refractivity contribution in [1.82, 2.24) is 15.3 Å². The van der Waals surface area contributed by atoms with Crippen LogP contribution in [-0.4, -0.2) is 47.3 Å². The van der Waals surface area contributed by atoms with Gasteiger partial charge in [0.05, 0.1) is 25.5 Å². The summed E-state index contributed by atoms with van der Waals surface area (Å²) in [5.74, 6) is 0.745. The molecule has 1 amide bonds. The minimum atomic E-state index is -0.415. The Morgan fingerprint density at radius 3 is 2.95 bits per heavy atom. The van der Waals surface area contributed by atoms with Crippen LogP contribution < -0.4 is 16.0 Å². The second-order valence-electron chi connectivity index (χ2n) is 4.19. The van der Waals surface area contributed by atoms with Gasteiger partial charge in [0.25, 0.3) is 0 Å². The molecule has 1 aliphatic heterocycles. The van der Waals surface area contributed by atoms with Gasteiger partial charge in [-0.25, -0.2) is 14.8 Å². The first kappa shape index (κ1) is 13.5. The van der Waals surface area contributed by atoms with E-state index in [1.165, 1.54) is 7.11 Å². The van der Waals surface area contributed by atoms with Crippen molar-refractivity contribution in [2.45, 2.75) is 12.5 Å². The van der Waals surface area contributed by atoms with Gasteiger partial charge in [0.2, 0.25) is 0 Å². The number of alkyl carbamates (subject to hydrolysis) is 1. The number of nitrogens with two attached hydrogens (primary N) is 1. The van der Waals surface area contributed by atoms with Crippen LogP contribution in [0.15, 0.2) is 12.4 Å². The number of aromatic nitrogens is 2. The Morgan fingerprint density at radius 2 is 2.37 bits per heavy atom. The Kier molecular flexibility index (Phi) is 4.10. The number of methoxy groups -OCH3 is 1. The normalized spacial score (nSPS) is 18.2. The van der Waals surface area contributed by atoms with E-state index in [4.69, 9.17) is 18.0 Å². The molecule has 1 saturated heterocycles. The number of thiocarbonyl (C=S) groups is 1. The molecule has 1 atom stereocenters. The lowest BCUT2D eigenvalue weighted by Crippen LogP contribution is -2.37. The third-order valence-electron chi connectivity index (χ3n) is 2.91. The van der Waals surface area contributed by atoms with Gasteiger partial charge in [-0.1, -0.05) is 12.2 Å². The van der Waals surface area contributed by atoms with Gasteiger partial charge in [-0.2, -0.15) is 0 Å². The lowest BCUT2D eigenvalue weighted by Gasteiger charge is -2.17. The van der Waals surface area contributed by atoms with Gasteiger partial charge >= 0.3 is 6.09 Å². The van der Waals surface area contributed by atoms with Crippen LogP contribution in [0.2, 0.25) is 0 Å². The van der Waals surface area contributed by atoms with Gasteiger partial charge in [-0.3, -0.25) is 0 Å². The highest BCUT2D eigenvalue weighted by Crippen LogP contribution is 2.17. The summed E-state index contributed by atoms with van der Waals surface area (Å²) in [5.41, 5.74) is 5.97. The summed E-state index contributed by atoms with van der Waals surface area (Å²) >= 11 is 4.82. The fraction of sp³-hybridized carbons (Fsp3) is 0.455. The molecule has 8 heteroatoms. The molecule has 0 bridgehead atoms. The molecule has 1 aliphatic rings. The molecule has 0 spiro atoms. The minimum Gasteiger partial charge on any atom is -0.453 e. The van der Waals surface area contributed by atoms with E-state index in [-0.39, 0.29) is 11.0 Å². The largest absolute Gasteiger partial charge is 0.453 e. The van der Waals surface area contributed by atoms with E-state index in [1.807, 2.05) is 4.90 Å². The second kappa shape index (κ2) is 5.79. The molecule has 19 heavy (non-hydrogen) atoms. The topological polar surface area (TPSA) is 93.4 Å². The smallest absolute Gasteiger partial charge is 0.407 e. The number of hydrogen-bond acceptors (Lipinski definition) is 6. The molecule has 0 saturated carbocycles. The minimum absolute atomic E-state index is 0.0597. The molecular formula is C11H15N5O2S. The lowest BCUT2D eigenvalue weighted by molar-refractivity contribution is 0.167. The van der Waals surface area contributed by atoms with Gasteiger partial charge in [0.15, 0.2) is 0 Å². The number of hydrogen-bond donors (Lipinski definition) is 2. The number of rotatable bonds is 3. The van der Waals surface area contributed by atoms with E-state index in [2.05, 4.69) is 20.0 Å². The van der Waals surface area contributed by atoms with Crippen LogP contribution in [0.1, 0.15) is 12.1 Å². The first-order valence-corrected chi connectivity index (χ1v) is 6.22. The predicted molar refractivity (Wildman–Crippen MR) is 74.1 cm³/mol. The number of anilines is 1. The second-order valence-corrected chi connectivity index (χ2v) is 4.63. The average Bonchev–Trinajstić information content (AvgIpc) is 2.87. The molecule has 1 aromatic heterocycles. The Labute approximate surface area is 116 Å². The molecule has 1 aromatic rings. The maximum atomic E-state index is 11.1. The van der Waals surface area contributed by atoms with E-state index in [9.17, 15) is 4.79 Å². The zero-order valence-electron chi connectivity index (χ0n) is 10.5. The van der Waals surface area contributed by atoms with E-state index < -0.39 is 6.09 Å². The van der Waals surface area contributed by atoms with E-state index >= 15 is 0 Å². The predicted octanol–water partition coefficient (Wildman–Crippen LogP) is 0.0455. The Balaban J connectivity index is 1.96. The summed E-state index contributed by atoms with van der Waals surface area (Å²) in [5, 5.41) is 2.77. The summed E-state index contributed by atoms with van der Waals surface area (Å²) in [6.07, 6.45) is 3.61. The number of nitrogens with zero attached hydrogens (tertiary/aromatic N) is 3. The highest BCUT2D eigenvalue weighted by atomic mass is 32.1. The first-order valence-electron chi connectivity index (χ1n) is 5.81. The maximum Gasteiger partial charge on any atom is 0.407 e. The van der Waals surface area contributed by atoms with Crippen molar-refractivity contribution >= 4 is 29.1 Å². The standard InChI is InChI=1S/C11H15N5O2S/c1-18-11(17)15-7-2-3-16(6-7)9-5-13-8(4-14-9)10(12)19/h4-5,7H,2-3,6H2,1H3,(H2,12,19)(H,15,17). The van der Waals surface area contributed by atoms with Gasteiger partial charge < -0.3 is 20.7 Å². The third kappa shape index (κ3) is 3.28. The van der Waals surface area contributed by atoms with Crippen LogP contribution in [0.25, 0.3) is 0 Å². The molecule has 1 fully saturated rings. The van der Waals surface area contributed by atoms with Gasteiger partial charge in [-0.05, 0) is 6.42 Å². The molecule has 2 rings (SSSR count). The molecule has 3 N–H and O–H groups in total. The molecule has 0 radical (unpaired) electrons. The first-order chi connectivity index (χ1) is 9.10. The van der Waals surface area contributed by atoms with E-state index in [0.29, 0.717) is 12.2 Å². The molecule has 0 aromatic carbocycles. The molecule has 1 unspecified atom stereocenters. The number of carbonyl (C=O) groups excluding carboxylic acids is 1. The summed E-state index contributed by atoms with van der Waals surface area (Å²) in [6.45, 7) is 1.48. The monoisotopic (exact) mass is 281 g/mol. The van der Waals surface area contributed by atoms with Crippen molar-refractivity contribution in [3.05, 3.63) is 18.1 Å². The molecule has 2 heterocycles. The Morgan fingerprint density at radius 1 is 1.58 bits per heavy atom. The zero-order chi connectivity index (χ0) is 13.8. The Hall–Kier alpha value is -1.96. The van der Waals surface area contributed by atoms with Crippen LogP contribution in [0, 0.1) is 0 Å². The van der Waals surface area contributed by atoms with Crippen molar-refractivity contribution in [3.63, 3.8) is 0 Å². The van der Waals surface area contributed by atoms with Crippen molar-refractivity contribution in [2.75, 3.05) is 25.1 Å². The number of nitrogens with one attached hydrogen (secondary N) is 1. The van der Waals surface area contributed by atoms with Crippen molar-refractivity contribution in [1.29, 1.82) is 0 Å². The van der Waals surface area contributed by atoms with Crippen molar-refractivity contribution < 1.29 is 9.53 Å². The summed E-state index contributed by atoms with van der Waals surface area (Å²) < 4.78 is 4.57. The molecule has 102 valence electrons. The fourth-order valence-electron chi connectivity index (χ4n) is 1.92. The van der Waals surface area contributed by atoms with Gasteiger partial charge in [0.1, 0.15) is 16.5 Å². The van der Waals surface area contributed by atoms with Crippen LogP contribution in [0.3, 0.4) is 0 Å². The van der Waals surface area contributed by atoms with Crippen LogP contribution in [0.4, 0.5) is 10.6 Å². The summed E-state index contributed by atoms with van der Waals surface area (Å²) in [7, 11) is 1.35. The molecule has 0 aliphatic carbocycles. The average molecular weight is 281 g/mol. The zero-order valence-corrected chi connectivity index (χ0v) is 11.3. The fourth-order valence-corrected chi connectivity index (χ4v) is 2.03. The van der Waals surface area contributed by atoms with Crippen LogP contribution in [-0.2, 0) is 4.74 Å².